The number of nitrogens with one attached hydrogen (secondary N) is 1. The molecule has 2 fully saturated rings. The van der Waals surface area contributed by atoms with Gasteiger partial charge in [-0.3, -0.25) is 4.99 Å². The van der Waals surface area contributed by atoms with Gasteiger partial charge in [-0.1, -0.05) is 0 Å². The summed E-state index contributed by atoms with van der Waals surface area (Å²) in [7, 11) is 0. The van der Waals surface area contributed by atoms with Crippen LogP contribution >= 0.6 is 0 Å². The van der Waals surface area contributed by atoms with Crippen LogP contribution in [0.15, 0.2) is 16.3 Å². The quantitative estimate of drug-likeness (QED) is 0.573. The van der Waals surface area contributed by atoms with Gasteiger partial charge in [-0.15, -0.1) is 0 Å². The first-order chi connectivity index (χ1) is 8.56. The van der Waals surface area contributed by atoms with Gasteiger partial charge in [0.2, 0.25) is 0 Å². The first-order valence-electron chi connectivity index (χ1n) is 6.51. The van der Waals surface area contributed by atoms with Crippen LogP contribution in [-0.4, -0.2) is 36.9 Å². The summed E-state index contributed by atoms with van der Waals surface area (Å²) in [5.41, 5.74) is 7.95. The first-order valence-corrected chi connectivity index (χ1v) is 6.51. The molecule has 18 heavy (non-hydrogen) atoms. The molecule has 0 amide bonds. The summed E-state index contributed by atoms with van der Waals surface area (Å²) in [6.07, 6.45) is 3.07. The van der Waals surface area contributed by atoms with E-state index in [-0.39, 0.29) is 11.2 Å². The minimum Gasteiger partial charge on any atom is -0.461 e. The second kappa shape index (κ2) is 5.10. The molecule has 0 aromatic carbocycles. The molecule has 0 atom stereocenters. The van der Waals surface area contributed by atoms with Crippen LogP contribution in [0, 0.1) is 0 Å². The van der Waals surface area contributed by atoms with E-state index in [4.69, 9.17) is 15.5 Å². The number of piperidine rings is 1. The van der Waals surface area contributed by atoms with Gasteiger partial charge in [0.15, 0.2) is 0 Å². The summed E-state index contributed by atoms with van der Waals surface area (Å²) in [6.45, 7) is 5.73. The third kappa shape index (κ3) is 2.90. The van der Waals surface area contributed by atoms with Crippen molar-refractivity contribution in [1.29, 1.82) is 0 Å². The maximum Gasteiger partial charge on any atom is 0.354 e. The Hall–Kier alpha value is -1.36. The third-order valence-corrected chi connectivity index (χ3v) is 3.39. The molecular formula is C13H21N3O2. The van der Waals surface area contributed by atoms with E-state index in [1.807, 2.05) is 0 Å². The SMILES string of the molecule is CCOC(=O)/C(N)=C1\CNCCC1=NC1(C)CC1. The van der Waals surface area contributed by atoms with Gasteiger partial charge in [0, 0.05) is 30.8 Å². The lowest BCUT2D eigenvalue weighted by Crippen LogP contribution is -2.35. The van der Waals surface area contributed by atoms with E-state index in [1.165, 1.54) is 0 Å². The predicted octanol–water partition coefficient (Wildman–Crippen LogP) is 0.749. The Kier molecular flexibility index (Phi) is 3.71. The first kappa shape index (κ1) is 13.1. The molecule has 5 nitrogen and oxygen atoms in total. The molecule has 1 aliphatic heterocycles. The number of hydrogen-bond acceptors (Lipinski definition) is 5. The maximum atomic E-state index is 11.7. The van der Waals surface area contributed by atoms with E-state index < -0.39 is 5.97 Å². The van der Waals surface area contributed by atoms with Crippen molar-refractivity contribution in [2.45, 2.75) is 38.6 Å². The summed E-state index contributed by atoms with van der Waals surface area (Å²) in [5, 5.41) is 3.22. The minimum atomic E-state index is -0.440. The fourth-order valence-electron chi connectivity index (χ4n) is 2.00. The number of carbonyl (C=O) groups excluding carboxylic acids is 1. The molecule has 100 valence electrons. The van der Waals surface area contributed by atoms with Crippen molar-refractivity contribution in [3.05, 3.63) is 11.3 Å². The van der Waals surface area contributed by atoms with Crippen LogP contribution in [0.25, 0.3) is 0 Å². The second-order valence-electron chi connectivity index (χ2n) is 5.09. The molecule has 0 unspecified atom stereocenters. The van der Waals surface area contributed by atoms with E-state index in [0.717, 1.165) is 37.1 Å². The smallest absolute Gasteiger partial charge is 0.354 e. The van der Waals surface area contributed by atoms with Crippen LogP contribution < -0.4 is 11.1 Å². The van der Waals surface area contributed by atoms with E-state index in [2.05, 4.69) is 12.2 Å². The van der Waals surface area contributed by atoms with Gasteiger partial charge >= 0.3 is 5.97 Å². The van der Waals surface area contributed by atoms with Crippen molar-refractivity contribution in [2.24, 2.45) is 10.7 Å². The Morgan fingerprint density at radius 3 is 2.89 bits per heavy atom. The monoisotopic (exact) mass is 251 g/mol. The summed E-state index contributed by atoms with van der Waals surface area (Å²) in [4.78, 5) is 16.4. The van der Waals surface area contributed by atoms with Crippen LogP contribution in [0.4, 0.5) is 0 Å². The van der Waals surface area contributed by atoms with E-state index in [0.29, 0.717) is 13.2 Å². The topological polar surface area (TPSA) is 76.7 Å². The zero-order valence-corrected chi connectivity index (χ0v) is 11.1. The fraction of sp³-hybridized carbons (Fsp3) is 0.692. The highest BCUT2D eigenvalue weighted by Gasteiger charge is 2.38. The molecule has 5 heteroatoms. The standard InChI is InChI=1S/C13H21N3O2/c1-3-18-12(17)11(14)9-8-15-7-4-10(9)16-13(2)5-6-13/h15H,3-8,14H2,1-2H3/b11-9-,16-10?. The van der Waals surface area contributed by atoms with E-state index in [9.17, 15) is 4.79 Å². The number of rotatable bonds is 3. The van der Waals surface area contributed by atoms with Gasteiger partial charge in [0.1, 0.15) is 5.70 Å². The molecule has 3 N–H and O–H groups in total. The predicted molar refractivity (Wildman–Crippen MR) is 70.4 cm³/mol. The van der Waals surface area contributed by atoms with Gasteiger partial charge in [0.25, 0.3) is 0 Å². The molecule has 0 bridgehead atoms. The van der Waals surface area contributed by atoms with Gasteiger partial charge in [-0.2, -0.15) is 0 Å². The molecule has 2 aliphatic rings. The van der Waals surface area contributed by atoms with Crippen molar-refractivity contribution in [2.75, 3.05) is 19.7 Å². The van der Waals surface area contributed by atoms with E-state index >= 15 is 0 Å². The summed E-state index contributed by atoms with van der Waals surface area (Å²) >= 11 is 0. The number of ether oxygens (including phenoxy) is 1. The van der Waals surface area contributed by atoms with Gasteiger partial charge in [-0.25, -0.2) is 4.79 Å². The highest BCUT2D eigenvalue weighted by molar-refractivity contribution is 6.07. The molecule has 2 rings (SSSR count). The van der Waals surface area contributed by atoms with Gasteiger partial charge < -0.3 is 15.8 Å². The summed E-state index contributed by atoms with van der Waals surface area (Å²) in [5.74, 6) is -0.440. The largest absolute Gasteiger partial charge is 0.461 e. The number of nitrogens with two attached hydrogens (primary N) is 1. The Morgan fingerprint density at radius 1 is 1.56 bits per heavy atom. The molecule has 1 saturated carbocycles. The van der Waals surface area contributed by atoms with Crippen LogP contribution in [-0.2, 0) is 9.53 Å². The Morgan fingerprint density at radius 2 is 2.28 bits per heavy atom. The summed E-state index contributed by atoms with van der Waals surface area (Å²) in [6, 6.07) is 0. The highest BCUT2D eigenvalue weighted by atomic mass is 16.5. The molecule has 1 aliphatic carbocycles. The van der Waals surface area contributed by atoms with Crippen molar-refractivity contribution in [3.8, 4) is 0 Å². The lowest BCUT2D eigenvalue weighted by Gasteiger charge is -2.21. The van der Waals surface area contributed by atoms with Crippen LogP contribution in [0.3, 0.4) is 0 Å². The Labute approximate surface area is 107 Å². The minimum absolute atomic E-state index is 0.0763. The molecule has 1 saturated heterocycles. The number of carbonyl (C=O) groups is 1. The zero-order valence-electron chi connectivity index (χ0n) is 11.1. The Bertz CT molecular complexity index is 408. The third-order valence-electron chi connectivity index (χ3n) is 3.39. The molecule has 0 aromatic heterocycles. The van der Waals surface area contributed by atoms with Crippen molar-refractivity contribution in [3.63, 3.8) is 0 Å². The molecular weight excluding hydrogens is 230 g/mol. The van der Waals surface area contributed by atoms with E-state index in [1.54, 1.807) is 6.92 Å². The average molecular weight is 251 g/mol. The normalized spacial score (nSPS) is 26.9. The van der Waals surface area contributed by atoms with Crippen molar-refractivity contribution >= 4 is 11.7 Å². The number of nitrogens with zero attached hydrogens (tertiary/aromatic N) is 1. The lowest BCUT2D eigenvalue weighted by molar-refractivity contribution is -0.138. The maximum absolute atomic E-state index is 11.7. The van der Waals surface area contributed by atoms with Crippen LogP contribution in [0.5, 0.6) is 0 Å². The molecule has 1 heterocycles. The molecule has 0 aromatic rings. The average Bonchev–Trinajstić information content (AvgIpc) is 3.07. The zero-order chi connectivity index (χ0) is 13.2. The molecule has 0 spiro atoms. The van der Waals surface area contributed by atoms with Crippen molar-refractivity contribution < 1.29 is 9.53 Å². The van der Waals surface area contributed by atoms with Crippen LogP contribution in [0.2, 0.25) is 0 Å². The van der Waals surface area contributed by atoms with Gasteiger partial charge in [0.05, 0.1) is 12.1 Å². The summed E-state index contributed by atoms with van der Waals surface area (Å²) < 4.78 is 4.95. The number of esters is 1. The fourth-order valence-corrected chi connectivity index (χ4v) is 2.00. The number of hydrogen-bond donors (Lipinski definition) is 2. The van der Waals surface area contributed by atoms with Gasteiger partial charge in [-0.05, 0) is 26.7 Å². The lowest BCUT2D eigenvalue weighted by atomic mass is 10.0. The Balaban J connectivity index is 2.24. The van der Waals surface area contributed by atoms with Crippen LogP contribution in [0.1, 0.15) is 33.1 Å². The van der Waals surface area contributed by atoms with Crippen molar-refractivity contribution in [1.82, 2.24) is 5.32 Å². The number of aliphatic imine (C=N–C) groups is 1. The highest BCUT2D eigenvalue weighted by Crippen LogP contribution is 2.39. The molecule has 0 radical (unpaired) electrons. The second-order valence-corrected chi connectivity index (χ2v) is 5.09.